The molecule has 3 rings (SSSR count). The summed E-state index contributed by atoms with van der Waals surface area (Å²) in [7, 11) is 0. The molecule has 1 aliphatic rings. The number of fused-ring (bicyclic) bond motifs is 1. The highest BCUT2D eigenvalue weighted by atomic mass is 32.1. The van der Waals surface area contributed by atoms with Gasteiger partial charge in [-0.05, 0) is 31.2 Å². The predicted octanol–water partition coefficient (Wildman–Crippen LogP) is 1.69. The van der Waals surface area contributed by atoms with Crippen LogP contribution in [-0.2, 0) is 11.2 Å². The van der Waals surface area contributed by atoms with Gasteiger partial charge in [0.05, 0.1) is 5.69 Å². The third kappa shape index (κ3) is 2.10. The highest BCUT2D eigenvalue weighted by Gasteiger charge is 2.32. The van der Waals surface area contributed by atoms with Crippen molar-refractivity contribution in [3.63, 3.8) is 0 Å². The van der Waals surface area contributed by atoms with Crippen LogP contribution in [0.15, 0.2) is 17.8 Å². The molecule has 0 aromatic carbocycles. The normalized spacial score (nSPS) is 19.8. The number of ether oxygens (including phenoxy) is 1. The van der Waals surface area contributed by atoms with Crippen molar-refractivity contribution in [3.05, 3.63) is 23.5 Å². The zero-order chi connectivity index (χ0) is 11.7. The number of hydrogen-bond acceptors (Lipinski definition) is 4. The summed E-state index contributed by atoms with van der Waals surface area (Å²) in [5, 5.41) is 2.05. The van der Waals surface area contributed by atoms with Crippen molar-refractivity contribution in [1.82, 2.24) is 9.38 Å². The average molecular weight is 251 g/mol. The van der Waals surface area contributed by atoms with Crippen LogP contribution in [0.4, 0.5) is 0 Å². The molecule has 1 aliphatic heterocycles. The minimum Gasteiger partial charge on any atom is -0.381 e. The van der Waals surface area contributed by atoms with E-state index < -0.39 is 0 Å². The maximum absolute atomic E-state index is 5.97. The van der Waals surface area contributed by atoms with E-state index in [0.717, 1.165) is 49.7 Å². The Morgan fingerprint density at radius 3 is 3.00 bits per heavy atom. The summed E-state index contributed by atoms with van der Waals surface area (Å²) in [4.78, 5) is 5.71. The Bertz CT molecular complexity index is 470. The molecule has 2 N–H and O–H groups in total. The number of nitrogens with two attached hydrogens (primary N) is 1. The molecule has 0 radical (unpaired) electrons. The molecule has 1 fully saturated rings. The maximum atomic E-state index is 5.97. The molecule has 3 heterocycles. The Balaban J connectivity index is 1.82. The van der Waals surface area contributed by atoms with Crippen LogP contribution in [0, 0.1) is 5.41 Å². The lowest BCUT2D eigenvalue weighted by molar-refractivity contribution is 0.0187. The van der Waals surface area contributed by atoms with Crippen molar-refractivity contribution < 1.29 is 4.74 Å². The zero-order valence-electron chi connectivity index (χ0n) is 9.76. The number of aromatic nitrogens is 2. The number of imidazole rings is 1. The smallest absolute Gasteiger partial charge is 0.193 e. The van der Waals surface area contributed by atoms with E-state index in [1.54, 1.807) is 11.3 Å². The second kappa shape index (κ2) is 4.40. The quantitative estimate of drug-likeness (QED) is 0.903. The van der Waals surface area contributed by atoms with Crippen LogP contribution in [0.1, 0.15) is 18.5 Å². The molecular formula is C12H17N3OS. The van der Waals surface area contributed by atoms with Crippen molar-refractivity contribution in [3.8, 4) is 0 Å². The summed E-state index contributed by atoms with van der Waals surface area (Å²) in [6.45, 7) is 2.39. The number of nitrogens with zero attached hydrogens (tertiary/aromatic N) is 2. The van der Waals surface area contributed by atoms with E-state index in [2.05, 4.69) is 27.2 Å². The van der Waals surface area contributed by atoms with Crippen LogP contribution in [0.25, 0.3) is 4.96 Å². The second-order valence-corrected chi connectivity index (χ2v) is 5.69. The third-order valence-corrected chi connectivity index (χ3v) is 4.46. The van der Waals surface area contributed by atoms with Crippen molar-refractivity contribution >= 4 is 16.3 Å². The first-order valence-electron chi connectivity index (χ1n) is 6.00. The van der Waals surface area contributed by atoms with Gasteiger partial charge < -0.3 is 10.5 Å². The largest absolute Gasteiger partial charge is 0.381 e. The number of thiazole rings is 1. The molecule has 4 nitrogen and oxygen atoms in total. The van der Waals surface area contributed by atoms with Crippen LogP contribution < -0.4 is 5.73 Å². The molecule has 17 heavy (non-hydrogen) atoms. The van der Waals surface area contributed by atoms with Gasteiger partial charge in [0.25, 0.3) is 0 Å². The fraction of sp³-hybridized carbons (Fsp3) is 0.583. The SMILES string of the molecule is NCC1(Cc2cn3ccsc3n2)CCOCC1. The van der Waals surface area contributed by atoms with E-state index in [4.69, 9.17) is 10.5 Å². The number of hydrogen-bond donors (Lipinski definition) is 1. The summed E-state index contributed by atoms with van der Waals surface area (Å²) in [5.74, 6) is 0. The molecule has 1 saturated heterocycles. The van der Waals surface area contributed by atoms with E-state index in [-0.39, 0.29) is 5.41 Å². The molecule has 0 aliphatic carbocycles. The molecular weight excluding hydrogens is 234 g/mol. The second-order valence-electron chi connectivity index (χ2n) is 4.82. The van der Waals surface area contributed by atoms with Gasteiger partial charge in [0.15, 0.2) is 4.96 Å². The molecule has 2 aromatic rings. The Kier molecular flexibility index (Phi) is 2.90. The molecule has 0 unspecified atom stereocenters. The van der Waals surface area contributed by atoms with Crippen LogP contribution >= 0.6 is 11.3 Å². The lowest BCUT2D eigenvalue weighted by Crippen LogP contribution is -2.38. The van der Waals surface area contributed by atoms with Crippen LogP contribution in [0.2, 0.25) is 0 Å². The van der Waals surface area contributed by atoms with Gasteiger partial charge in [-0.2, -0.15) is 0 Å². The van der Waals surface area contributed by atoms with Gasteiger partial charge in [0.2, 0.25) is 0 Å². The molecule has 0 bridgehead atoms. The minimum absolute atomic E-state index is 0.197. The Hall–Kier alpha value is -0.910. The van der Waals surface area contributed by atoms with Crippen molar-refractivity contribution in [1.29, 1.82) is 0 Å². The van der Waals surface area contributed by atoms with E-state index in [9.17, 15) is 0 Å². The summed E-state index contributed by atoms with van der Waals surface area (Å²) < 4.78 is 7.52. The van der Waals surface area contributed by atoms with Gasteiger partial charge in [-0.25, -0.2) is 4.98 Å². The Morgan fingerprint density at radius 1 is 1.47 bits per heavy atom. The lowest BCUT2D eigenvalue weighted by Gasteiger charge is -2.35. The first kappa shape index (κ1) is 11.2. The van der Waals surface area contributed by atoms with E-state index >= 15 is 0 Å². The number of rotatable bonds is 3. The highest BCUT2D eigenvalue weighted by Crippen LogP contribution is 2.33. The summed E-state index contributed by atoms with van der Waals surface area (Å²) in [5.41, 5.74) is 7.32. The molecule has 0 amide bonds. The fourth-order valence-corrected chi connectivity index (χ4v) is 3.22. The van der Waals surface area contributed by atoms with Gasteiger partial charge in [0, 0.05) is 31.0 Å². The summed E-state index contributed by atoms with van der Waals surface area (Å²) in [6, 6.07) is 0. The van der Waals surface area contributed by atoms with E-state index in [1.165, 1.54) is 0 Å². The standard InChI is InChI=1S/C12H17N3OS/c13-9-12(1-4-16-5-2-12)7-10-8-15-3-6-17-11(15)14-10/h3,6,8H,1-2,4-5,7,9,13H2. The van der Waals surface area contributed by atoms with Gasteiger partial charge in [-0.15, -0.1) is 11.3 Å². The maximum Gasteiger partial charge on any atom is 0.193 e. The molecule has 0 saturated carbocycles. The van der Waals surface area contributed by atoms with Gasteiger partial charge in [0.1, 0.15) is 0 Å². The van der Waals surface area contributed by atoms with Crippen molar-refractivity contribution in [2.24, 2.45) is 11.1 Å². The van der Waals surface area contributed by atoms with Gasteiger partial charge in [-0.1, -0.05) is 0 Å². The van der Waals surface area contributed by atoms with Gasteiger partial charge in [-0.3, -0.25) is 4.40 Å². The van der Waals surface area contributed by atoms with Crippen LogP contribution in [-0.4, -0.2) is 29.1 Å². The third-order valence-electron chi connectivity index (χ3n) is 3.69. The van der Waals surface area contributed by atoms with Crippen LogP contribution in [0.3, 0.4) is 0 Å². The van der Waals surface area contributed by atoms with E-state index in [1.807, 2.05) is 0 Å². The molecule has 2 aromatic heterocycles. The topological polar surface area (TPSA) is 52.5 Å². The first-order valence-corrected chi connectivity index (χ1v) is 6.88. The monoisotopic (exact) mass is 251 g/mol. The van der Waals surface area contributed by atoms with Gasteiger partial charge >= 0.3 is 0 Å². The first-order chi connectivity index (χ1) is 8.31. The summed E-state index contributed by atoms with van der Waals surface area (Å²) >= 11 is 1.67. The van der Waals surface area contributed by atoms with Crippen molar-refractivity contribution in [2.45, 2.75) is 19.3 Å². The summed E-state index contributed by atoms with van der Waals surface area (Å²) in [6.07, 6.45) is 7.25. The van der Waals surface area contributed by atoms with Crippen LogP contribution in [0.5, 0.6) is 0 Å². The average Bonchev–Trinajstić information content (AvgIpc) is 2.91. The Labute approximate surface area is 104 Å². The lowest BCUT2D eigenvalue weighted by atomic mass is 9.76. The van der Waals surface area contributed by atoms with Crippen molar-refractivity contribution in [2.75, 3.05) is 19.8 Å². The minimum atomic E-state index is 0.197. The zero-order valence-corrected chi connectivity index (χ0v) is 10.6. The molecule has 0 atom stereocenters. The fourth-order valence-electron chi connectivity index (χ4n) is 2.50. The molecule has 92 valence electrons. The van der Waals surface area contributed by atoms with E-state index in [0.29, 0.717) is 0 Å². The highest BCUT2D eigenvalue weighted by molar-refractivity contribution is 7.15. The Morgan fingerprint density at radius 2 is 2.29 bits per heavy atom. The molecule has 5 heteroatoms. The molecule has 0 spiro atoms. The predicted molar refractivity (Wildman–Crippen MR) is 68.3 cm³/mol.